The fourth-order valence-corrected chi connectivity index (χ4v) is 7.41. The Balaban J connectivity index is 1.07. The molecule has 12 nitrogen and oxygen atoms in total. The molecule has 3 amide bonds. The zero-order valence-corrected chi connectivity index (χ0v) is 29.2. The third-order valence-corrected chi connectivity index (χ3v) is 10.5. The maximum atomic E-state index is 14.4. The lowest BCUT2D eigenvalue weighted by Gasteiger charge is -2.27. The number of fused-ring (bicyclic) bond motifs is 1. The number of nitriles is 1. The lowest BCUT2D eigenvalue weighted by molar-refractivity contribution is -0.125. The van der Waals surface area contributed by atoms with Gasteiger partial charge in [-0.05, 0) is 80.6 Å². The predicted molar refractivity (Wildman–Crippen MR) is 189 cm³/mol. The standard InChI is InChI=1S/C37H31Cl2N9O3/c1-35(18-22-3-5-23(19-40)6-4-22)33(51)47(27-16-25(38)15-26(39)17-27)34-43-21-28(48(34)35)31(49)44-37(11-12-37)32(50)45-36(9-10-36)29-8-7-24(20-42-29)30-41-13-14-46(30)2/h3-8,13-17,20-21H,9-12,18H2,1-2H3,(H,44,49)(H,45,50)/t35-/m1/s1. The Kier molecular flexibility index (Phi) is 7.55. The van der Waals surface area contributed by atoms with Crippen LogP contribution < -0.4 is 15.5 Å². The summed E-state index contributed by atoms with van der Waals surface area (Å²) < 4.78 is 3.53. The molecule has 0 spiro atoms. The van der Waals surface area contributed by atoms with Gasteiger partial charge in [0.1, 0.15) is 22.6 Å². The molecule has 4 heterocycles. The van der Waals surface area contributed by atoms with Crippen molar-refractivity contribution in [3.8, 4) is 17.5 Å². The van der Waals surface area contributed by atoms with Gasteiger partial charge in [-0.25, -0.2) is 14.9 Å². The van der Waals surface area contributed by atoms with Crippen LogP contribution in [0.15, 0.2) is 79.4 Å². The molecule has 0 bridgehead atoms. The van der Waals surface area contributed by atoms with Gasteiger partial charge in [-0.2, -0.15) is 5.26 Å². The second kappa shape index (κ2) is 11.8. The average molecular weight is 721 g/mol. The number of halogens is 2. The van der Waals surface area contributed by atoms with Crippen molar-refractivity contribution < 1.29 is 14.4 Å². The minimum Gasteiger partial charge on any atom is -0.343 e. The van der Waals surface area contributed by atoms with E-state index in [4.69, 9.17) is 23.2 Å². The molecular formula is C37H31Cl2N9O3. The molecule has 2 aromatic carbocycles. The van der Waals surface area contributed by atoms with Crippen molar-refractivity contribution >= 4 is 52.6 Å². The van der Waals surface area contributed by atoms with E-state index in [1.165, 1.54) is 11.1 Å². The highest BCUT2D eigenvalue weighted by Gasteiger charge is 2.57. The van der Waals surface area contributed by atoms with Crippen LogP contribution in [0.3, 0.4) is 0 Å². The lowest BCUT2D eigenvalue weighted by atomic mass is 9.91. The molecule has 14 heteroatoms. The fraction of sp³-hybridized carbons (Fsp3) is 0.270. The molecule has 0 unspecified atom stereocenters. The number of benzene rings is 2. The van der Waals surface area contributed by atoms with E-state index in [9.17, 15) is 19.6 Å². The van der Waals surface area contributed by atoms with Gasteiger partial charge in [0.2, 0.25) is 11.9 Å². The van der Waals surface area contributed by atoms with E-state index in [0.717, 1.165) is 35.5 Å². The Labute approximate surface area is 303 Å². The van der Waals surface area contributed by atoms with Crippen molar-refractivity contribution in [1.82, 2.24) is 34.7 Å². The summed E-state index contributed by atoms with van der Waals surface area (Å²) in [4.78, 5) is 57.4. The van der Waals surface area contributed by atoms with Crippen LogP contribution in [-0.4, -0.2) is 47.3 Å². The number of nitrogens with one attached hydrogen (secondary N) is 2. The molecular weight excluding hydrogens is 689 g/mol. The summed E-state index contributed by atoms with van der Waals surface area (Å²) in [7, 11) is 1.92. The number of carbonyl (C=O) groups excluding carboxylic acids is 3. The number of carbonyl (C=O) groups is 3. The zero-order valence-electron chi connectivity index (χ0n) is 27.7. The number of rotatable bonds is 9. The molecule has 2 fully saturated rings. The Bertz CT molecular complexity index is 2260. The van der Waals surface area contributed by atoms with Crippen LogP contribution in [0, 0.1) is 11.3 Å². The van der Waals surface area contributed by atoms with Gasteiger partial charge in [0.25, 0.3) is 11.8 Å². The van der Waals surface area contributed by atoms with Gasteiger partial charge in [0.15, 0.2) is 0 Å². The van der Waals surface area contributed by atoms with Gasteiger partial charge in [-0.3, -0.25) is 23.9 Å². The highest BCUT2D eigenvalue weighted by Crippen LogP contribution is 2.48. The first-order valence-corrected chi connectivity index (χ1v) is 17.2. The molecule has 5 aromatic rings. The summed E-state index contributed by atoms with van der Waals surface area (Å²) in [5.74, 6) is -0.155. The van der Waals surface area contributed by atoms with Crippen LogP contribution in [-0.2, 0) is 34.1 Å². The summed E-state index contributed by atoms with van der Waals surface area (Å²) in [6.45, 7) is 1.74. The second-order valence-electron chi connectivity index (χ2n) is 13.7. The van der Waals surface area contributed by atoms with Crippen molar-refractivity contribution in [2.75, 3.05) is 4.90 Å². The number of pyridine rings is 1. The van der Waals surface area contributed by atoms with Crippen molar-refractivity contribution in [2.45, 2.75) is 55.6 Å². The largest absolute Gasteiger partial charge is 0.343 e. The lowest BCUT2D eigenvalue weighted by Crippen LogP contribution is -2.52. The van der Waals surface area contributed by atoms with Crippen molar-refractivity contribution in [2.24, 2.45) is 7.05 Å². The van der Waals surface area contributed by atoms with Crippen LogP contribution in [0.25, 0.3) is 11.4 Å². The number of aromatic nitrogens is 5. The van der Waals surface area contributed by atoms with E-state index in [-0.39, 0.29) is 29.9 Å². The highest BCUT2D eigenvalue weighted by molar-refractivity contribution is 6.35. The molecule has 0 saturated heterocycles. The maximum absolute atomic E-state index is 14.4. The average Bonchev–Trinajstić information content (AvgIpc) is 3.95. The first kappa shape index (κ1) is 32.7. The first-order valence-electron chi connectivity index (χ1n) is 16.4. The number of hydrogen-bond donors (Lipinski definition) is 2. The van der Waals surface area contributed by atoms with Gasteiger partial charge in [0, 0.05) is 47.7 Å². The Morgan fingerprint density at radius 1 is 0.941 bits per heavy atom. The molecule has 0 radical (unpaired) electrons. The van der Waals surface area contributed by atoms with Crippen LogP contribution in [0.4, 0.5) is 11.6 Å². The van der Waals surface area contributed by atoms with Gasteiger partial charge in [-0.1, -0.05) is 35.3 Å². The molecule has 8 rings (SSSR count). The number of amides is 3. The Hall–Kier alpha value is -5.51. The highest BCUT2D eigenvalue weighted by atomic mass is 35.5. The molecule has 2 N–H and O–H groups in total. The second-order valence-corrected chi connectivity index (χ2v) is 14.5. The summed E-state index contributed by atoms with van der Waals surface area (Å²) in [5.41, 5.74) is 0.361. The maximum Gasteiger partial charge on any atom is 0.270 e. The molecule has 2 saturated carbocycles. The number of imidazole rings is 2. The Morgan fingerprint density at radius 2 is 1.67 bits per heavy atom. The summed E-state index contributed by atoms with van der Waals surface area (Å²) in [5, 5.41) is 16.1. The topological polar surface area (TPSA) is 151 Å². The molecule has 256 valence electrons. The monoisotopic (exact) mass is 719 g/mol. The minimum atomic E-state index is -1.31. The molecule has 3 aliphatic rings. The normalized spacial score (nSPS) is 19.3. The fourth-order valence-electron chi connectivity index (χ4n) is 6.90. The van der Waals surface area contributed by atoms with Gasteiger partial charge < -0.3 is 15.2 Å². The van der Waals surface area contributed by atoms with Crippen LogP contribution in [0.1, 0.15) is 59.9 Å². The number of nitrogens with zero attached hydrogens (tertiary/aromatic N) is 7. The molecule has 2 aliphatic carbocycles. The third kappa shape index (κ3) is 5.53. The molecule has 51 heavy (non-hydrogen) atoms. The van der Waals surface area contributed by atoms with Crippen molar-refractivity contribution in [3.05, 3.63) is 112 Å². The first-order chi connectivity index (χ1) is 24.4. The minimum absolute atomic E-state index is 0.122. The van der Waals surface area contributed by atoms with Gasteiger partial charge in [0.05, 0.1) is 34.7 Å². The zero-order chi connectivity index (χ0) is 35.7. The number of anilines is 2. The summed E-state index contributed by atoms with van der Waals surface area (Å²) in [6.07, 6.45) is 9.33. The van der Waals surface area contributed by atoms with E-state index in [0.29, 0.717) is 34.1 Å². The van der Waals surface area contributed by atoms with E-state index < -0.39 is 22.5 Å². The summed E-state index contributed by atoms with van der Waals surface area (Å²) >= 11 is 12.7. The van der Waals surface area contributed by atoms with Crippen molar-refractivity contribution in [3.63, 3.8) is 0 Å². The Morgan fingerprint density at radius 3 is 2.25 bits per heavy atom. The number of aryl methyl sites for hydroxylation is 1. The molecule has 1 aliphatic heterocycles. The number of hydrogen-bond acceptors (Lipinski definition) is 7. The van der Waals surface area contributed by atoms with E-state index in [2.05, 4.69) is 31.7 Å². The SMILES string of the molecule is Cn1ccnc1-c1ccc(C2(NC(=O)C3(NC(=O)c4cnc5n4[C@](C)(Cc4ccc(C#N)cc4)C(=O)N5c4cc(Cl)cc(Cl)c4)CC3)CC2)nc1. The smallest absolute Gasteiger partial charge is 0.270 e. The van der Waals surface area contributed by atoms with E-state index in [1.807, 2.05) is 29.9 Å². The van der Waals surface area contributed by atoms with E-state index >= 15 is 0 Å². The van der Waals surface area contributed by atoms with Gasteiger partial charge >= 0.3 is 0 Å². The molecule has 1 atom stereocenters. The van der Waals surface area contributed by atoms with Crippen molar-refractivity contribution in [1.29, 1.82) is 5.26 Å². The van der Waals surface area contributed by atoms with Crippen LogP contribution in [0.5, 0.6) is 0 Å². The molecule has 3 aromatic heterocycles. The third-order valence-electron chi connectivity index (χ3n) is 10.0. The van der Waals surface area contributed by atoms with E-state index in [1.54, 1.807) is 66.3 Å². The van der Waals surface area contributed by atoms with Crippen LogP contribution >= 0.6 is 23.2 Å². The summed E-state index contributed by atoms with van der Waals surface area (Å²) in [6, 6.07) is 17.7. The van der Waals surface area contributed by atoms with Crippen LogP contribution in [0.2, 0.25) is 10.0 Å². The predicted octanol–water partition coefficient (Wildman–Crippen LogP) is 5.56. The van der Waals surface area contributed by atoms with Gasteiger partial charge in [-0.15, -0.1) is 0 Å². The quantitative estimate of drug-likeness (QED) is 0.202.